The van der Waals surface area contributed by atoms with Gasteiger partial charge in [0.25, 0.3) is 0 Å². The van der Waals surface area contributed by atoms with Crippen LogP contribution in [0.1, 0.15) is 32.5 Å². The number of nitrogens with zero attached hydrogens (tertiary/aromatic N) is 3. The first-order valence-electron chi connectivity index (χ1n) is 6.51. The van der Waals surface area contributed by atoms with Crippen LogP contribution in [0.3, 0.4) is 0 Å². The molecule has 0 aliphatic carbocycles. The molecular formula is C13H20N4O3. The maximum Gasteiger partial charge on any atom is 0.411 e. The lowest BCUT2D eigenvalue weighted by Crippen LogP contribution is -2.46. The van der Waals surface area contributed by atoms with Crippen LogP contribution in [0.2, 0.25) is 0 Å². The monoisotopic (exact) mass is 280 g/mol. The van der Waals surface area contributed by atoms with Gasteiger partial charge in [0.2, 0.25) is 0 Å². The SMILES string of the molecule is CC(C)(C)OC(=O)N1CCOCC1c1cc(N)ncn1. The van der Waals surface area contributed by atoms with Gasteiger partial charge in [0.05, 0.1) is 18.9 Å². The van der Waals surface area contributed by atoms with Crippen molar-refractivity contribution >= 4 is 11.9 Å². The van der Waals surface area contributed by atoms with Gasteiger partial charge in [-0.1, -0.05) is 0 Å². The van der Waals surface area contributed by atoms with Crippen molar-refractivity contribution in [3.8, 4) is 0 Å². The molecule has 20 heavy (non-hydrogen) atoms. The van der Waals surface area contributed by atoms with Crippen LogP contribution in [0, 0.1) is 0 Å². The van der Waals surface area contributed by atoms with E-state index >= 15 is 0 Å². The summed E-state index contributed by atoms with van der Waals surface area (Å²) in [6.45, 7) is 6.82. The summed E-state index contributed by atoms with van der Waals surface area (Å²) in [6.07, 6.45) is 1.01. The van der Waals surface area contributed by atoms with Crippen molar-refractivity contribution in [1.82, 2.24) is 14.9 Å². The Kier molecular flexibility index (Phi) is 4.08. The Morgan fingerprint density at radius 1 is 1.50 bits per heavy atom. The van der Waals surface area contributed by atoms with Gasteiger partial charge in [-0.3, -0.25) is 4.90 Å². The number of amides is 1. The first-order chi connectivity index (χ1) is 9.37. The number of hydrogen-bond acceptors (Lipinski definition) is 6. The molecule has 0 bridgehead atoms. The highest BCUT2D eigenvalue weighted by Gasteiger charge is 2.32. The number of rotatable bonds is 1. The summed E-state index contributed by atoms with van der Waals surface area (Å²) < 4.78 is 10.9. The minimum absolute atomic E-state index is 0.302. The zero-order valence-corrected chi connectivity index (χ0v) is 12.0. The Morgan fingerprint density at radius 2 is 2.25 bits per heavy atom. The van der Waals surface area contributed by atoms with E-state index in [1.54, 1.807) is 11.0 Å². The third kappa shape index (κ3) is 3.57. The molecule has 2 N–H and O–H groups in total. The van der Waals surface area contributed by atoms with E-state index in [2.05, 4.69) is 9.97 Å². The predicted molar refractivity (Wildman–Crippen MR) is 72.9 cm³/mol. The molecule has 2 rings (SSSR count). The van der Waals surface area contributed by atoms with Crippen LogP contribution in [0.4, 0.5) is 10.6 Å². The quantitative estimate of drug-likeness (QED) is 0.835. The molecular weight excluding hydrogens is 260 g/mol. The Bertz CT molecular complexity index is 487. The topological polar surface area (TPSA) is 90.6 Å². The molecule has 1 aliphatic rings. The molecule has 0 spiro atoms. The molecule has 7 nitrogen and oxygen atoms in total. The fraction of sp³-hybridized carbons (Fsp3) is 0.615. The van der Waals surface area contributed by atoms with Gasteiger partial charge >= 0.3 is 6.09 Å². The molecule has 1 aromatic heterocycles. The van der Waals surface area contributed by atoms with Gasteiger partial charge < -0.3 is 15.2 Å². The molecule has 0 radical (unpaired) electrons. The largest absolute Gasteiger partial charge is 0.444 e. The fourth-order valence-corrected chi connectivity index (χ4v) is 1.96. The Hall–Kier alpha value is -1.89. The van der Waals surface area contributed by atoms with E-state index in [4.69, 9.17) is 15.2 Å². The van der Waals surface area contributed by atoms with E-state index in [9.17, 15) is 4.79 Å². The summed E-state index contributed by atoms with van der Waals surface area (Å²) in [5.74, 6) is 0.365. The van der Waals surface area contributed by atoms with Crippen LogP contribution in [-0.2, 0) is 9.47 Å². The van der Waals surface area contributed by atoms with Crippen molar-refractivity contribution in [1.29, 1.82) is 0 Å². The summed E-state index contributed by atoms with van der Waals surface area (Å²) in [5.41, 5.74) is 5.78. The molecule has 7 heteroatoms. The van der Waals surface area contributed by atoms with Gasteiger partial charge in [-0.2, -0.15) is 0 Å². The van der Waals surface area contributed by atoms with Gasteiger partial charge in [-0.05, 0) is 20.8 Å². The predicted octanol–water partition coefficient (Wildman–Crippen LogP) is 1.37. The number of carbonyl (C=O) groups is 1. The highest BCUT2D eigenvalue weighted by Crippen LogP contribution is 2.25. The van der Waals surface area contributed by atoms with Gasteiger partial charge in [0.15, 0.2) is 0 Å². The van der Waals surface area contributed by atoms with Crippen LogP contribution >= 0.6 is 0 Å². The van der Waals surface area contributed by atoms with E-state index in [1.807, 2.05) is 20.8 Å². The van der Waals surface area contributed by atoms with Gasteiger partial charge in [0.1, 0.15) is 23.8 Å². The summed E-state index contributed by atoms with van der Waals surface area (Å²) in [5, 5.41) is 0. The lowest BCUT2D eigenvalue weighted by molar-refractivity contribution is -0.0340. The molecule has 1 aromatic rings. The fourth-order valence-electron chi connectivity index (χ4n) is 1.96. The summed E-state index contributed by atoms with van der Waals surface area (Å²) in [7, 11) is 0. The Labute approximate surface area is 118 Å². The van der Waals surface area contributed by atoms with Gasteiger partial charge in [-0.25, -0.2) is 14.8 Å². The molecule has 1 amide bonds. The standard InChI is InChI=1S/C13H20N4O3/c1-13(2,3)20-12(18)17-4-5-19-7-10(17)9-6-11(14)16-8-15-9/h6,8,10H,4-5,7H2,1-3H3,(H2,14,15,16). The minimum Gasteiger partial charge on any atom is -0.444 e. The molecule has 1 unspecified atom stereocenters. The molecule has 1 atom stereocenters. The number of nitrogen functional groups attached to an aromatic ring is 1. The highest BCUT2D eigenvalue weighted by molar-refractivity contribution is 5.69. The normalized spacial score (nSPS) is 19.8. The van der Waals surface area contributed by atoms with Crippen molar-refractivity contribution in [2.75, 3.05) is 25.5 Å². The van der Waals surface area contributed by atoms with Gasteiger partial charge in [-0.15, -0.1) is 0 Å². The van der Waals surface area contributed by atoms with Crippen molar-refractivity contribution in [3.05, 3.63) is 18.1 Å². The smallest absolute Gasteiger partial charge is 0.411 e. The summed E-state index contributed by atoms with van der Waals surface area (Å²) >= 11 is 0. The Balaban J connectivity index is 2.19. The van der Waals surface area contributed by atoms with E-state index in [0.29, 0.717) is 31.3 Å². The third-order valence-corrected chi connectivity index (χ3v) is 2.81. The molecule has 1 fully saturated rings. The second-order valence-corrected chi connectivity index (χ2v) is 5.63. The number of aromatic nitrogens is 2. The number of hydrogen-bond donors (Lipinski definition) is 1. The van der Waals surface area contributed by atoms with Crippen molar-refractivity contribution in [2.45, 2.75) is 32.4 Å². The van der Waals surface area contributed by atoms with Crippen LogP contribution in [-0.4, -0.2) is 46.3 Å². The second-order valence-electron chi connectivity index (χ2n) is 5.63. The van der Waals surface area contributed by atoms with E-state index in [0.717, 1.165) is 0 Å². The number of anilines is 1. The lowest BCUT2D eigenvalue weighted by atomic mass is 10.1. The van der Waals surface area contributed by atoms with Crippen molar-refractivity contribution in [2.24, 2.45) is 0 Å². The number of morpholine rings is 1. The van der Waals surface area contributed by atoms with Crippen LogP contribution in [0.5, 0.6) is 0 Å². The third-order valence-electron chi connectivity index (χ3n) is 2.81. The minimum atomic E-state index is -0.537. The van der Waals surface area contributed by atoms with Crippen molar-refractivity contribution < 1.29 is 14.3 Å². The highest BCUT2D eigenvalue weighted by atomic mass is 16.6. The zero-order chi connectivity index (χ0) is 14.8. The van der Waals surface area contributed by atoms with E-state index in [-0.39, 0.29) is 12.1 Å². The number of carbonyl (C=O) groups excluding carboxylic acids is 1. The molecule has 0 aromatic carbocycles. The maximum atomic E-state index is 12.3. The Morgan fingerprint density at radius 3 is 2.90 bits per heavy atom. The number of nitrogens with two attached hydrogens (primary N) is 1. The van der Waals surface area contributed by atoms with Crippen molar-refractivity contribution in [3.63, 3.8) is 0 Å². The summed E-state index contributed by atoms with van der Waals surface area (Å²) in [6, 6.07) is 1.35. The molecule has 110 valence electrons. The first kappa shape index (κ1) is 14.5. The van der Waals surface area contributed by atoms with E-state index < -0.39 is 5.60 Å². The molecule has 1 aliphatic heterocycles. The van der Waals surface area contributed by atoms with Crippen LogP contribution in [0.25, 0.3) is 0 Å². The van der Waals surface area contributed by atoms with Crippen LogP contribution in [0.15, 0.2) is 12.4 Å². The average Bonchev–Trinajstić information content (AvgIpc) is 2.37. The molecule has 2 heterocycles. The summed E-state index contributed by atoms with van der Waals surface area (Å²) in [4.78, 5) is 21.9. The van der Waals surface area contributed by atoms with Gasteiger partial charge in [0, 0.05) is 12.6 Å². The first-order valence-corrected chi connectivity index (χ1v) is 6.51. The lowest BCUT2D eigenvalue weighted by Gasteiger charge is -2.36. The average molecular weight is 280 g/mol. The second kappa shape index (κ2) is 5.62. The van der Waals surface area contributed by atoms with Crippen LogP contribution < -0.4 is 5.73 Å². The number of ether oxygens (including phenoxy) is 2. The zero-order valence-electron chi connectivity index (χ0n) is 12.0. The molecule has 0 saturated carbocycles. The maximum absolute atomic E-state index is 12.3. The molecule has 1 saturated heterocycles. The van der Waals surface area contributed by atoms with E-state index in [1.165, 1.54) is 6.33 Å².